The van der Waals surface area contributed by atoms with E-state index in [1.165, 1.54) is 27.5 Å². The zero-order chi connectivity index (χ0) is 15.7. The van der Waals surface area contributed by atoms with Gasteiger partial charge < -0.3 is 0 Å². The standard InChI is InChI=1S/C17H14.2C2H6/c1-13-9-11-15(12-10-13)17-8-4-6-14-5-2-3-7-16(14)17;2*1-2/h2-12H,1H3;2*1-2H3. The number of aryl methyl sites for hydroxylation is 1. The molecule has 0 aliphatic heterocycles. The van der Waals surface area contributed by atoms with Crippen LogP contribution in [0.5, 0.6) is 0 Å². The summed E-state index contributed by atoms with van der Waals surface area (Å²) in [4.78, 5) is 0. The van der Waals surface area contributed by atoms with Gasteiger partial charge in [0.15, 0.2) is 0 Å². The molecule has 110 valence electrons. The first kappa shape index (κ1) is 17.0. The second-order valence-corrected chi connectivity index (χ2v) is 4.39. The Morgan fingerprint density at radius 2 is 1.14 bits per heavy atom. The molecule has 0 heteroatoms. The van der Waals surface area contributed by atoms with Crippen molar-refractivity contribution in [2.24, 2.45) is 0 Å². The van der Waals surface area contributed by atoms with Crippen LogP contribution in [-0.2, 0) is 0 Å². The fourth-order valence-electron chi connectivity index (χ4n) is 2.21. The van der Waals surface area contributed by atoms with Crippen molar-refractivity contribution in [2.75, 3.05) is 0 Å². The maximum atomic E-state index is 2.19. The predicted molar refractivity (Wildman–Crippen MR) is 96.8 cm³/mol. The van der Waals surface area contributed by atoms with Gasteiger partial charge in [-0.15, -0.1) is 0 Å². The van der Waals surface area contributed by atoms with Crippen LogP contribution in [0, 0.1) is 6.92 Å². The van der Waals surface area contributed by atoms with Crippen LogP contribution in [0.3, 0.4) is 0 Å². The van der Waals surface area contributed by atoms with Gasteiger partial charge in [0.2, 0.25) is 0 Å². The summed E-state index contributed by atoms with van der Waals surface area (Å²) in [7, 11) is 0. The number of rotatable bonds is 1. The fraction of sp³-hybridized carbons (Fsp3) is 0.238. The molecule has 0 N–H and O–H groups in total. The molecule has 0 aliphatic rings. The molecule has 3 aromatic carbocycles. The first-order valence-corrected chi connectivity index (χ1v) is 7.89. The summed E-state index contributed by atoms with van der Waals surface area (Å²) in [5.74, 6) is 0. The molecule has 0 amide bonds. The average Bonchev–Trinajstić information content (AvgIpc) is 2.59. The maximum absolute atomic E-state index is 2.19. The van der Waals surface area contributed by atoms with Crippen LogP contribution in [0.4, 0.5) is 0 Å². The normalized spacial score (nSPS) is 9.19. The molecule has 3 aromatic rings. The molecule has 21 heavy (non-hydrogen) atoms. The van der Waals surface area contributed by atoms with E-state index in [2.05, 4.69) is 73.7 Å². The lowest BCUT2D eigenvalue weighted by Crippen LogP contribution is -1.81. The summed E-state index contributed by atoms with van der Waals surface area (Å²) in [5, 5.41) is 2.62. The summed E-state index contributed by atoms with van der Waals surface area (Å²) >= 11 is 0. The van der Waals surface area contributed by atoms with Gasteiger partial charge in [-0.3, -0.25) is 0 Å². The van der Waals surface area contributed by atoms with E-state index in [9.17, 15) is 0 Å². The monoisotopic (exact) mass is 278 g/mol. The highest BCUT2D eigenvalue weighted by atomic mass is 14.1. The van der Waals surface area contributed by atoms with Crippen LogP contribution in [0.2, 0.25) is 0 Å². The van der Waals surface area contributed by atoms with Crippen molar-refractivity contribution in [3.05, 3.63) is 72.3 Å². The highest BCUT2D eigenvalue weighted by Gasteiger charge is 2.02. The highest BCUT2D eigenvalue weighted by Crippen LogP contribution is 2.28. The molecule has 0 aromatic heterocycles. The minimum absolute atomic E-state index is 1.28. The third kappa shape index (κ3) is 4.19. The quantitative estimate of drug-likeness (QED) is 0.455. The number of fused-ring (bicyclic) bond motifs is 1. The molecule has 3 rings (SSSR count). The Morgan fingerprint density at radius 3 is 1.81 bits per heavy atom. The van der Waals surface area contributed by atoms with Crippen molar-refractivity contribution in [2.45, 2.75) is 34.6 Å². The van der Waals surface area contributed by atoms with E-state index >= 15 is 0 Å². The third-order valence-corrected chi connectivity index (χ3v) is 3.15. The first-order chi connectivity index (χ1) is 10.3. The molecular formula is C21H26. The number of hydrogen-bond donors (Lipinski definition) is 0. The van der Waals surface area contributed by atoms with Crippen LogP contribution in [0.15, 0.2) is 66.7 Å². The molecule has 0 saturated carbocycles. The van der Waals surface area contributed by atoms with Gasteiger partial charge in [0, 0.05) is 0 Å². The topological polar surface area (TPSA) is 0 Å². The van der Waals surface area contributed by atoms with Crippen LogP contribution >= 0.6 is 0 Å². The van der Waals surface area contributed by atoms with Gasteiger partial charge in [0.25, 0.3) is 0 Å². The zero-order valence-corrected chi connectivity index (χ0v) is 13.9. The Morgan fingerprint density at radius 1 is 0.571 bits per heavy atom. The summed E-state index contributed by atoms with van der Waals surface area (Å²) in [6, 6.07) is 23.7. The summed E-state index contributed by atoms with van der Waals surface area (Å²) in [6.45, 7) is 10.1. The van der Waals surface area contributed by atoms with Gasteiger partial charge in [0.05, 0.1) is 0 Å². The van der Waals surface area contributed by atoms with Crippen molar-refractivity contribution < 1.29 is 0 Å². The third-order valence-electron chi connectivity index (χ3n) is 3.15. The van der Waals surface area contributed by atoms with Gasteiger partial charge >= 0.3 is 0 Å². The lowest BCUT2D eigenvalue weighted by Gasteiger charge is -2.07. The zero-order valence-electron chi connectivity index (χ0n) is 13.9. The molecule has 0 aliphatic carbocycles. The van der Waals surface area contributed by atoms with Crippen LogP contribution in [0.1, 0.15) is 33.3 Å². The average molecular weight is 278 g/mol. The van der Waals surface area contributed by atoms with Crippen LogP contribution in [0.25, 0.3) is 21.9 Å². The van der Waals surface area contributed by atoms with Crippen LogP contribution < -0.4 is 0 Å². The number of benzene rings is 3. The van der Waals surface area contributed by atoms with Gasteiger partial charge in [0.1, 0.15) is 0 Å². The van der Waals surface area contributed by atoms with E-state index in [0.29, 0.717) is 0 Å². The highest BCUT2D eigenvalue weighted by molar-refractivity contribution is 5.96. The van der Waals surface area contributed by atoms with Crippen molar-refractivity contribution in [3.63, 3.8) is 0 Å². The molecule has 0 heterocycles. The molecule has 0 unspecified atom stereocenters. The van der Waals surface area contributed by atoms with Gasteiger partial charge in [-0.2, -0.15) is 0 Å². The van der Waals surface area contributed by atoms with Crippen LogP contribution in [-0.4, -0.2) is 0 Å². The van der Waals surface area contributed by atoms with Gasteiger partial charge in [-0.1, -0.05) is 100.0 Å². The minimum atomic E-state index is 1.28. The second kappa shape index (κ2) is 8.97. The molecule has 0 spiro atoms. The van der Waals surface area contributed by atoms with E-state index in [1.807, 2.05) is 27.7 Å². The Kier molecular flexibility index (Phi) is 7.25. The van der Waals surface area contributed by atoms with Crippen molar-refractivity contribution >= 4 is 10.8 Å². The van der Waals surface area contributed by atoms with E-state index < -0.39 is 0 Å². The molecule has 0 saturated heterocycles. The molecule has 0 bridgehead atoms. The lowest BCUT2D eigenvalue weighted by molar-refractivity contribution is 1.47. The first-order valence-electron chi connectivity index (χ1n) is 7.89. The largest absolute Gasteiger partial charge is 0.0683 e. The molecule has 0 atom stereocenters. The predicted octanol–water partition coefficient (Wildman–Crippen LogP) is 6.87. The summed E-state index contributed by atoms with van der Waals surface area (Å²) < 4.78 is 0. The maximum Gasteiger partial charge on any atom is -0.0105 e. The van der Waals surface area contributed by atoms with Gasteiger partial charge in [-0.05, 0) is 28.8 Å². The van der Waals surface area contributed by atoms with Crippen molar-refractivity contribution in [1.29, 1.82) is 0 Å². The minimum Gasteiger partial charge on any atom is -0.0683 e. The fourth-order valence-corrected chi connectivity index (χ4v) is 2.21. The molecular weight excluding hydrogens is 252 g/mol. The Balaban J connectivity index is 0.000000510. The summed E-state index contributed by atoms with van der Waals surface area (Å²) in [6.07, 6.45) is 0. The van der Waals surface area contributed by atoms with E-state index in [0.717, 1.165) is 0 Å². The second-order valence-electron chi connectivity index (χ2n) is 4.39. The van der Waals surface area contributed by atoms with E-state index in [4.69, 9.17) is 0 Å². The molecule has 0 fully saturated rings. The lowest BCUT2D eigenvalue weighted by atomic mass is 9.98. The molecule has 0 nitrogen and oxygen atoms in total. The van der Waals surface area contributed by atoms with Gasteiger partial charge in [-0.25, -0.2) is 0 Å². The van der Waals surface area contributed by atoms with Crippen molar-refractivity contribution in [3.8, 4) is 11.1 Å². The van der Waals surface area contributed by atoms with Crippen molar-refractivity contribution in [1.82, 2.24) is 0 Å². The smallest absolute Gasteiger partial charge is 0.0105 e. The Bertz CT molecular complexity index is 643. The number of hydrogen-bond acceptors (Lipinski definition) is 0. The Labute approximate surface area is 129 Å². The van der Waals surface area contributed by atoms with E-state index in [1.54, 1.807) is 0 Å². The van der Waals surface area contributed by atoms with E-state index in [-0.39, 0.29) is 0 Å². The summed E-state index contributed by atoms with van der Waals surface area (Å²) in [5.41, 5.74) is 3.89. The SMILES string of the molecule is CC.CC.Cc1ccc(-c2cccc3ccccc23)cc1. The molecule has 0 radical (unpaired) electrons. The Hall–Kier alpha value is -2.08.